The number of nitrogens with zero attached hydrogens (tertiary/aromatic N) is 3. The van der Waals surface area contributed by atoms with Gasteiger partial charge in [0.1, 0.15) is 5.82 Å². The lowest BCUT2D eigenvalue weighted by Crippen LogP contribution is -2.52. The van der Waals surface area contributed by atoms with Crippen LogP contribution in [-0.4, -0.2) is 66.3 Å². The summed E-state index contributed by atoms with van der Waals surface area (Å²) >= 11 is 0. The summed E-state index contributed by atoms with van der Waals surface area (Å²) in [6.07, 6.45) is 0.236. The molecule has 2 aromatic rings. The van der Waals surface area contributed by atoms with Gasteiger partial charge in [-0.15, -0.1) is 0 Å². The van der Waals surface area contributed by atoms with Gasteiger partial charge in [-0.25, -0.2) is 4.39 Å². The van der Waals surface area contributed by atoms with Gasteiger partial charge in [0.05, 0.1) is 17.9 Å². The third kappa shape index (κ3) is 4.59. The van der Waals surface area contributed by atoms with Crippen LogP contribution in [0.5, 0.6) is 0 Å². The lowest BCUT2D eigenvalue weighted by molar-refractivity contribution is -0.120. The molecule has 0 saturated carbocycles. The first kappa shape index (κ1) is 21.0. The van der Waals surface area contributed by atoms with E-state index in [0.717, 1.165) is 0 Å². The Kier molecular flexibility index (Phi) is 5.99. The van der Waals surface area contributed by atoms with Crippen molar-refractivity contribution in [3.63, 3.8) is 0 Å². The summed E-state index contributed by atoms with van der Waals surface area (Å²) in [5, 5.41) is 2.86. The summed E-state index contributed by atoms with van der Waals surface area (Å²) in [4.78, 5) is 43.4. The summed E-state index contributed by atoms with van der Waals surface area (Å²) in [6.45, 7) is 4.22. The average Bonchev–Trinajstić information content (AvgIpc) is 2.88. The molecule has 162 valence electrons. The fraction of sp³-hybridized carbons (Fsp3) is 0.348. The lowest BCUT2D eigenvalue weighted by Gasteiger charge is -2.36. The number of para-hydroxylation sites is 2. The number of piperazine rings is 1. The Morgan fingerprint density at radius 2 is 1.71 bits per heavy atom. The van der Waals surface area contributed by atoms with Crippen molar-refractivity contribution >= 4 is 29.1 Å². The van der Waals surface area contributed by atoms with Gasteiger partial charge in [-0.3, -0.25) is 19.3 Å². The highest BCUT2D eigenvalue weighted by Gasteiger charge is 2.31. The SMILES string of the molecule is CC1CC(=O)Nc2ccccc2N1C(=O)CN1CCN(C(=O)c2ccc(F)cc2)CC1. The number of hydrogen-bond acceptors (Lipinski definition) is 4. The monoisotopic (exact) mass is 424 g/mol. The number of benzene rings is 2. The van der Waals surface area contributed by atoms with Crippen molar-refractivity contribution in [2.45, 2.75) is 19.4 Å². The molecule has 31 heavy (non-hydrogen) atoms. The van der Waals surface area contributed by atoms with Crippen LogP contribution in [0.25, 0.3) is 0 Å². The molecule has 1 saturated heterocycles. The molecule has 2 heterocycles. The number of amides is 3. The van der Waals surface area contributed by atoms with Crippen LogP contribution in [0.3, 0.4) is 0 Å². The molecule has 2 aliphatic rings. The van der Waals surface area contributed by atoms with Crippen LogP contribution in [0.15, 0.2) is 48.5 Å². The van der Waals surface area contributed by atoms with Gasteiger partial charge in [0.25, 0.3) is 5.91 Å². The van der Waals surface area contributed by atoms with Crippen LogP contribution in [0.4, 0.5) is 15.8 Å². The van der Waals surface area contributed by atoms with Gasteiger partial charge in [-0.2, -0.15) is 0 Å². The molecular formula is C23H25FN4O3. The summed E-state index contributed by atoms with van der Waals surface area (Å²) in [7, 11) is 0. The Labute approximate surface area is 180 Å². The molecule has 0 radical (unpaired) electrons. The molecule has 2 aromatic carbocycles. The molecule has 4 rings (SSSR count). The minimum atomic E-state index is -0.374. The van der Waals surface area contributed by atoms with Gasteiger partial charge in [0.15, 0.2) is 0 Å². The van der Waals surface area contributed by atoms with Gasteiger partial charge in [-0.1, -0.05) is 12.1 Å². The van der Waals surface area contributed by atoms with Crippen LogP contribution in [0, 0.1) is 5.82 Å². The van der Waals surface area contributed by atoms with Gasteiger partial charge in [0.2, 0.25) is 11.8 Å². The predicted octanol–water partition coefficient (Wildman–Crippen LogP) is 2.35. The third-order valence-corrected chi connectivity index (χ3v) is 5.74. The molecule has 1 atom stereocenters. The van der Waals surface area contributed by atoms with Gasteiger partial charge in [-0.05, 0) is 43.3 Å². The van der Waals surface area contributed by atoms with E-state index in [1.807, 2.05) is 30.0 Å². The maximum Gasteiger partial charge on any atom is 0.253 e. The molecule has 8 heteroatoms. The zero-order valence-corrected chi connectivity index (χ0v) is 17.4. The standard InChI is InChI=1S/C23H25FN4O3/c1-16-14-21(29)25-19-4-2-3-5-20(19)28(16)22(30)15-26-10-12-27(13-11-26)23(31)17-6-8-18(24)9-7-17/h2-9,16H,10-15H2,1H3,(H,25,29). The number of fused-ring (bicyclic) bond motifs is 1. The van der Waals surface area contributed by atoms with Crippen molar-refractivity contribution in [3.05, 3.63) is 59.9 Å². The molecular weight excluding hydrogens is 399 g/mol. The smallest absolute Gasteiger partial charge is 0.253 e. The minimum Gasteiger partial charge on any atom is -0.336 e. The number of rotatable bonds is 3. The van der Waals surface area contributed by atoms with E-state index in [1.54, 1.807) is 15.9 Å². The molecule has 1 N–H and O–H groups in total. The second kappa shape index (κ2) is 8.85. The molecule has 7 nitrogen and oxygen atoms in total. The molecule has 0 spiro atoms. The second-order valence-electron chi connectivity index (χ2n) is 7.96. The highest BCUT2D eigenvalue weighted by Crippen LogP contribution is 2.31. The van der Waals surface area contributed by atoms with Crippen molar-refractivity contribution in [2.24, 2.45) is 0 Å². The normalized spacial score (nSPS) is 19.4. The summed E-state index contributed by atoms with van der Waals surface area (Å²) in [6, 6.07) is 12.6. The van der Waals surface area contributed by atoms with E-state index in [0.29, 0.717) is 43.1 Å². The first-order chi connectivity index (χ1) is 14.9. The number of carbonyl (C=O) groups excluding carboxylic acids is 3. The average molecular weight is 424 g/mol. The molecule has 1 unspecified atom stereocenters. The molecule has 1 fully saturated rings. The number of hydrogen-bond donors (Lipinski definition) is 1. The topological polar surface area (TPSA) is 73.0 Å². The largest absolute Gasteiger partial charge is 0.336 e. The van der Waals surface area contributed by atoms with E-state index in [9.17, 15) is 18.8 Å². The van der Waals surface area contributed by atoms with Crippen molar-refractivity contribution in [1.29, 1.82) is 0 Å². The van der Waals surface area contributed by atoms with Crippen LogP contribution >= 0.6 is 0 Å². The van der Waals surface area contributed by atoms with Crippen LogP contribution in [-0.2, 0) is 9.59 Å². The fourth-order valence-electron chi connectivity index (χ4n) is 4.12. The van der Waals surface area contributed by atoms with Crippen molar-refractivity contribution in [3.8, 4) is 0 Å². The minimum absolute atomic E-state index is 0.0743. The molecule has 0 bridgehead atoms. The van der Waals surface area contributed by atoms with Gasteiger partial charge >= 0.3 is 0 Å². The zero-order chi connectivity index (χ0) is 22.0. The Morgan fingerprint density at radius 1 is 1.03 bits per heavy atom. The van der Waals surface area contributed by atoms with Crippen molar-refractivity contribution in [2.75, 3.05) is 42.9 Å². The molecule has 3 amide bonds. The van der Waals surface area contributed by atoms with Crippen molar-refractivity contribution < 1.29 is 18.8 Å². The first-order valence-corrected chi connectivity index (χ1v) is 10.4. The third-order valence-electron chi connectivity index (χ3n) is 5.74. The molecule has 2 aliphatic heterocycles. The van der Waals surface area contributed by atoms with Gasteiger partial charge in [0, 0.05) is 44.2 Å². The summed E-state index contributed by atoms with van der Waals surface area (Å²) in [5.41, 5.74) is 1.80. The van der Waals surface area contributed by atoms with E-state index in [1.165, 1.54) is 24.3 Å². The quantitative estimate of drug-likeness (QED) is 0.821. The zero-order valence-electron chi connectivity index (χ0n) is 17.4. The van der Waals surface area contributed by atoms with Gasteiger partial charge < -0.3 is 15.1 Å². The van der Waals surface area contributed by atoms with E-state index < -0.39 is 0 Å². The Hall–Kier alpha value is -3.26. The van der Waals surface area contributed by atoms with E-state index in [4.69, 9.17) is 0 Å². The maximum atomic E-state index is 13.2. The second-order valence-corrected chi connectivity index (χ2v) is 7.96. The molecule has 0 aliphatic carbocycles. The number of anilines is 2. The highest BCUT2D eigenvalue weighted by atomic mass is 19.1. The van der Waals surface area contributed by atoms with E-state index in [2.05, 4.69) is 5.32 Å². The van der Waals surface area contributed by atoms with Crippen LogP contribution < -0.4 is 10.2 Å². The Morgan fingerprint density at radius 3 is 2.42 bits per heavy atom. The fourth-order valence-corrected chi connectivity index (χ4v) is 4.12. The van der Waals surface area contributed by atoms with E-state index >= 15 is 0 Å². The lowest BCUT2D eigenvalue weighted by atomic mass is 10.1. The maximum absolute atomic E-state index is 13.2. The molecule has 0 aromatic heterocycles. The Bertz CT molecular complexity index is 987. The van der Waals surface area contributed by atoms with Crippen LogP contribution in [0.2, 0.25) is 0 Å². The Balaban J connectivity index is 1.39. The van der Waals surface area contributed by atoms with E-state index in [-0.39, 0.29) is 42.5 Å². The van der Waals surface area contributed by atoms with Crippen molar-refractivity contribution in [1.82, 2.24) is 9.80 Å². The predicted molar refractivity (Wildman–Crippen MR) is 115 cm³/mol. The number of nitrogens with one attached hydrogen (secondary N) is 1. The summed E-state index contributed by atoms with van der Waals surface area (Å²) < 4.78 is 13.1. The van der Waals surface area contributed by atoms with Crippen LogP contribution in [0.1, 0.15) is 23.7 Å². The highest BCUT2D eigenvalue weighted by molar-refractivity contribution is 6.05. The summed E-state index contributed by atoms with van der Waals surface area (Å²) in [5.74, 6) is -0.690. The number of carbonyl (C=O) groups is 3. The number of halogens is 1. The first-order valence-electron chi connectivity index (χ1n) is 10.4.